The Morgan fingerprint density at radius 1 is 1.36 bits per heavy atom. The third-order valence-corrected chi connectivity index (χ3v) is 2.08. The van der Waals surface area contributed by atoms with Crippen molar-refractivity contribution in [1.82, 2.24) is 0 Å². The quantitative estimate of drug-likeness (QED) is 0.524. The molecule has 3 nitrogen and oxygen atoms in total. The summed E-state index contributed by atoms with van der Waals surface area (Å²) in [6.07, 6.45) is 1.38. The molecule has 2 aromatic rings. The topological polar surface area (TPSA) is 37.9 Å². The molecule has 0 saturated heterocycles. The molecule has 0 bridgehead atoms. The molecule has 0 atom stereocenters. The molecule has 2 rings (SSSR count). The van der Waals surface area contributed by atoms with Gasteiger partial charge in [-0.2, -0.15) is 0 Å². The predicted molar refractivity (Wildman–Crippen MR) is 58.7 cm³/mol. The van der Waals surface area contributed by atoms with Crippen LogP contribution in [0.4, 0.5) is 5.88 Å². The van der Waals surface area contributed by atoms with E-state index >= 15 is 0 Å². The Morgan fingerprint density at radius 3 is 2.86 bits per heavy atom. The van der Waals surface area contributed by atoms with Crippen molar-refractivity contribution in [2.75, 3.05) is 0 Å². The first-order valence-electron chi connectivity index (χ1n) is 4.29. The number of aryl methyl sites for hydroxylation is 1. The summed E-state index contributed by atoms with van der Waals surface area (Å²) in [5.74, 6) is 0.596. The van der Waals surface area contributed by atoms with Crippen LogP contribution in [0, 0.1) is 6.92 Å². The third kappa shape index (κ3) is 1.33. The number of rotatable bonds is 2. The largest absolute Gasteiger partial charge is 0.438 e. The minimum absolute atomic E-state index is 0.596. The highest BCUT2D eigenvalue weighted by molar-refractivity contribution is 5.85. The van der Waals surface area contributed by atoms with Crippen molar-refractivity contribution in [1.29, 1.82) is 0 Å². The van der Waals surface area contributed by atoms with Gasteiger partial charge in [0.1, 0.15) is 11.9 Å². The second-order valence-electron chi connectivity index (χ2n) is 2.96. The zero-order valence-corrected chi connectivity index (χ0v) is 7.90. The van der Waals surface area contributed by atoms with E-state index < -0.39 is 0 Å². The fourth-order valence-corrected chi connectivity index (χ4v) is 1.38. The Labute approximate surface area is 81.8 Å². The van der Waals surface area contributed by atoms with Gasteiger partial charge in [0.05, 0.1) is 0 Å². The van der Waals surface area contributed by atoms with Gasteiger partial charge in [-0.25, -0.2) is 4.99 Å². The molecular weight excluding hydrogens is 176 g/mol. The summed E-state index contributed by atoms with van der Waals surface area (Å²) in [5, 5.41) is 1.09. The zero-order chi connectivity index (χ0) is 9.97. The van der Waals surface area contributed by atoms with E-state index in [-0.39, 0.29) is 0 Å². The van der Waals surface area contributed by atoms with Crippen LogP contribution in [0.1, 0.15) is 5.56 Å². The number of furan rings is 1. The maximum absolute atomic E-state index is 5.52. The van der Waals surface area contributed by atoms with E-state index in [0.29, 0.717) is 5.88 Å². The number of nitrogens with zero attached hydrogens (tertiary/aromatic N) is 2. The maximum atomic E-state index is 5.52. The first kappa shape index (κ1) is 8.69. The van der Waals surface area contributed by atoms with Gasteiger partial charge in [0.2, 0.25) is 5.88 Å². The zero-order valence-electron chi connectivity index (χ0n) is 7.90. The minimum atomic E-state index is 0.596. The van der Waals surface area contributed by atoms with E-state index in [4.69, 9.17) is 4.42 Å². The van der Waals surface area contributed by atoms with E-state index in [9.17, 15) is 0 Å². The highest BCUT2D eigenvalue weighted by Crippen LogP contribution is 2.30. The third-order valence-electron chi connectivity index (χ3n) is 2.08. The Morgan fingerprint density at radius 2 is 2.14 bits per heavy atom. The molecule has 0 fully saturated rings. The van der Waals surface area contributed by atoms with Crippen LogP contribution in [-0.2, 0) is 0 Å². The average molecular weight is 186 g/mol. The van der Waals surface area contributed by atoms with Crippen LogP contribution < -0.4 is 0 Å². The second kappa shape index (κ2) is 3.46. The summed E-state index contributed by atoms with van der Waals surface area (Å²) in [7, 11) is 0. The van der Waals surface area contributed by atoms with Gasteiger partial charge in [0.15, 0.2) is 0 Å². The Hall–Kier alpha value is -1.90. The van der Waals surface area contributed by atoms with Crippen LogP contribution in [-0.4, -0.2) is 13.1 Å². The van der Waals surface area contributed by atoms with Gasteiger partial charge in [-0.3, -0.25) is 4.99 Å². The lowest BCUT2D eigenvalue weighted by Gasteiger charge is -1.86. The normalized spacial score (nSPS) is 11.2. The highest BCUT2D eigenvalue weighted by atomic mass is 16.3. The predicted octanol–water partition coefficient (Wildman–Crippen LogP) is 3.10. The number of para-hydroxylation sites is 1. The van der Waals surface area contributed by atoms with Crippen LogP contribution >= 0.6 is 0 Å². The number of aliphatic imine (C=N–C) groups is 2. The molecule has 0 radical (unpaired) electrons. The van der Waals surface area contributed by atoms with Crippen molar-refractivity contribution in [3.8, 4) is 0 Å². The van der Waals surface area contributed by atoms with Gasteiger partial charge < -0.3 is 4.42 Å². The molecule has 14 heavy (non-hydrogen) atoms. The van der Waals surface area contributed by atoms with Crippen LogP contribution in [0.5, 0.6) is 0 Å². The Balaban J connectivity index is 2.62. The van der Waals surface area contributed by atoms with Crippen LogP contribution in [0.2, 0.25) is 0 Å². The molecule has 1 aromatic carbocycles. The molecule has 1 aromatic heterocycles. The molecule has 0 N–H and O–H groups in total. The smallest absolute Gasteiger partial charge is 0.224 e. The van der Waals surface area contributed by atoms with Crippen LogP contribution in [0.15, 0.2) is 38.7 Å². The van der Waals surface area contributed by atoms with Crippen molar-refractivity contribution in [2.24, 2.45) is 9.98 Å². The van der Waals surface area contributed by atoms with Crippen LogP contribution in [0.25, 0.3) is 11.0 Å². The summed E-state index contributed by atoms with van der Waals surface area (Å²) in [4.78, 5) is 7.58. The molecule has 3 heteroatoms. The highest BCUT2D eigenvalue weighted by Gasteiger charge is 2.07. The van der Waals surface area contributed by atoms with Crippen LogP contribution in [0.3, 0.4) is 0 Å². The monoisotopic (exact) mass is 186 g/mol. The molecular formula is C11H10N2O. The molecule has 0 aliphatic rings. The minimum Gasteiger partial charge on any atom is -0.438 e. The number of hydrogen-bond donors (Lipinski definition) is 0. The maximum Gasteiger partial charge on any atom is 0.224 e. The average Bonchev–Trinajstić information content (AvgIpc) is 2.54. The number of benzene rings is 1. The lowest BCUT2D eigenvalue weighted by atomic mass is 10.2. The summed E-state index contributed by atoms with van der Waals surface area (Å²) in [6, 6.07) is 7.84. The van der Waals surface area contributed by atoms with Crippen molar-refractivity contribution < 1.29 is 4.42 Å². The molecule has 0 amide bonds. The van der Waals surface area contributed by atoms with Crippen molar-refractivity contribution in [2.45, 2.75) is 6.92 Å². The molecule has 0 spiro atoms. The number of fused-ring (bicyclic) bond motifs is 1. The van der Waals surface area contributed by atoms with E-state index in [2.05, 4.69) is 16.7 Å². The van der Waals surface area contributed by atoms with Crippen molar-refractivity contribution >= 4 is 29.9 Å². The van der Waals surface area contributed by atoms with Gasteiger partial charge in [-0.1, -0.05) is 18.2 Å². The van der Waals surface area contributed by atoms with Crippen molar-refractivity contribution in [3.05, 3.63) is 29.8 Å². The summed E-state index contributed by atoms with van der Waals surface area (Å²) < 4.78 is 5.52. The summed E-state index contributed by atoms with van der Waals surface area (Å²) in [5.41, 5.74) is 1.88. The molecule has 70 valence electrons. The SMILES string of the molecule is C=NC=Nc1oc2ccccc2c1C. The fourth-order valence-electron chi connectivity index (χ4n) is 1.38. The molecule has 0 saturated carbocycles. The first-order chi connectivity index (χ1) is 6.83. The lowest BCUT2D eigenvalue weighted by molar-refractivity contribution is 0.623. The van der Waals surface area contributed by atoms with E-state index in [0.717, 1.165) is 16.5 Å². The van der Waals surface area contributed by atoms with Gasteiger partial charge in [-0.15, -0.1) is 0 Å². The second-order valence-corrected chi connectivity index (χ2v) is 2.96. The van der Waals surface area contributed by atoms with Gasteiger partial charge in [0, 0.05) is 10.9 Å². The van der Waals surface area contributed by atoms with Gasteiger partial charge in [0.25, 0.3) is 0 Å². The molecule has 0 aliphatic carbocycles. The van der Waals surface area contributed by atoms with E-state index in [1.807, 2.05) is 31.2 Å². The summed E-state index contributed by atoms with van der Waals surface area (Å²) >= 11 is 0. The van der Waals surface area contributed by atoms with E-state index in [1.54, 1.807) is 0 Å². The Bertz CT molecular complexity index is 497. The Kier molecular flexibility index (Phi) is 2.14. The lowest BCUT2D eigenvalue weighted by Crippen LogP contribution is -1.67. The molecule has 0 unspecified atom stereocenters. The van der Waals surface area contributed by atoms with Gasteiger partial charge in [-0.05, 0) is 19.7 Å². The molecule has 1 heterocycles. The standard InChI is InChI=1S/C11H10N2O/c1-8-9-5-3-4-6-10(9)14-11(8)13-7-12-2/h3-7H,2H2,1H3. The van der Waals surface area contributed by atoms with Gasteiger partial charge >= 0.3 is 0 Å². The first-order valence-corrected chi connectivity index (χ1v) is 4.29. The fraction of sp³-hybridized carbons (Fsp3) is 0.0909. The number of hydrogen-bond acceptors (Lipinski definition) is 2. The molecule has 0 aliphatic heterocycles. The van der Waals surface area contributed by atoms with E-state index in [1.165, 1.54) is 6.34 Å². The summed E-state index contributed by atoms with van der Waals surface area (Å²) in [6.45, 7) is 5.29. The van der Waals surface area contributed by atoms with Crippen molar-refractivity contribution in [3.63, 3.8) is 0 Å².